The number of piperidine rings is 1. The summed E-state index contributed by atoms with van der Waals surface area (Å²) in [7, 11) is 0. The molecule has 2 aliphatic rings. The first-order chi connectivity index (χ1) is 10.6. The Kier molecular flexibility index (Phi) is 3.91. The second-order valence-electron chi connectivity index (χ2n) is 6.37. The van der Waals surface area contributed by atoms with E-state index in [0.717, 1.165) is 56.3 Å². The van der Waals surface area contributed by atoms with Gasteiger partial charge in [0.15, 0.2) is 0 Å². The number of benzene rings is 1. The molecule has 3 rings (SSSR count). The van der Waals surface area contributed by atoms with Gasteiger partial charge in [-0.3, -0.25) is 14.8 Å². The van der Waals surface area contributed by atoms with Crippen LogP contribution in [0.5, 0.6) is 0 Å². The van der Waals surface area contributed by atoms with Crippen molar-refractivity contribution < 1.29 is 14.8 Å². The first-order valence-corrected chi connectivity index (χ1v) is 7.95. The summed E-state index contributed by atoms with van der Waals surface area (Å²) in [5.74, 6) is -0.196. The summed E-state index contributed by atoms with van der Waals surface area (Å²) in [6.45, 7) is 3.69. The fraction of sp³-hybridized carbons (Fsp3) is 0.529. The first kappa shape index (κ1) is 15.0. The molecule has 1 atom stereocenters. The fourth-order valence-electron chi connectivity index (χ4n) is 3.91. The Labute approximate surface area is 130 Å². The Morgan fingerprint density at radius 2 is 2.18 bits per heavy atom. The molecule has 1 heterocycles. The molecule has 0 aromatic heterocycles. The van der Waals surface area contributed by atoms with Crippen LogP contribution in [-0.2, 0) is 17.6 Å². The van der Waals surface area contributed by atoms with Crippen LogP contribution < -0.4 is 5.48 Å². The highest BCUT2D eigenvalue weighted by molar-refractivity contribution is 5.93. The first-order valence-electron chi connectivity index (χ1n) is 7.95. The van der Waals surface area contributed by atoms with E-state index in [4.69, 9.17) is 5.21 Å². The molecule has 1 spiro atoms. The van der Waals surface area contributed by atoms with Gasteiger partial charge in [0.1, 0.15) is 0 Å². The van der Waals surface area contributed by atoms with Crippen molar-refractivity contribution in [3.05, 3.63) is 34.9 Å². The molecule has 1 aliphatic heterocycles. The Morgan fingerprint density at radius 1 is 1.36 bits per heavy atom. The number of amides is 2. The number of hydrogen-bond acceptors (Lipinski definition) is 3. The minimum atomic E-state index is -0.492. The zero-order valence-corrected chi connectivity index (χ0v) is 12.9. The Balaban J connectivity index is 1.88. The van der Waals surface area contributed by atoms with Crippen LogP contribution in [0, 0.1) is 5.41 Å². The predicted molar refractivity (Wildman–Crippen MR) is 81.6 cm³/mol. The lowest BCUT2D eigenvalue weighted by Crippen LogP contribution is -2.51. The van der Waals surface area contributed by atoms with Crippen LogP contribution in [0.2, 0.25) is 0 Å². The topological polar surface area (TPSA) is 69.6 Å². The molecule has 5 nitrogen and oxygen atoms in total. The van der Waals surface area contributed by atoms with Crippen molar-refractivity contribution in [3.8, 4) is 0 Å². The van der Waals surface area contributed by atoms with Crippen LogP contribution in [0.3, 0.4) is 0 Å². The molecule has 0 unspecified atom stereocenters. The Bertz CT molecular complexity index is 614. The summed E-state index contributed by atoms with van der Waals surface area (Å²) in [4.78, 5) is 26.3. The van der Waals surface area contributed by atoms with Gasteiger partial charge in [0.2, 0.25) is 5.91 Å². The zero-order chi connectivity index (χ0) is 15.7. The second kappa shape index (κ2) is 5.72. The van der Waals surface area contributed by atoms with E-state index in [9.17, 15) is 9.59 Å². The highest BCUT2D eigenvalue weighted by Crippen LogP contribution is 2.43. The van der Waals surface area contributed by atoms with Gasteiger partial charge < -0.3 is 4.90 Å². The maximum Gasteiger partial charge on any atom is 0.274 e. The average molecular weight is 302 g/mol. The SMILES string of the molecule is CCN1CCC[C@]2(CCc3cc(C(=O)NO)ccc3C2)C1=O. The van der Waals surface area contributed by atoms with Crippen molar-refractivity contribution in [3.63, 3.8) is 0 Å². The Morgan fingerprint density at radius 3 is 2.91 bits per heavy atom. The normalized spacial score (nSPS) is 24.3. The van der Waals surface area contributed by atoms with Crippen molar-refractivity contribution in [2.75, 3.05) is 13.1 Å². The molecule has 1 aliphatic carbocycles. The number of hydrogen-bond donors (Lipinski definition) is 2. The molecular formula is C17H22N2O3. The summed E-state index contributed by atoms with van der Waals surface area (Å²) in [6, 6.07) is 5.48. The van der Waals surface area contributed by atoms with E-state index in [1.54, 1.807) is 11.5 Å². The van der Waals surface area contributed by atoms with Crippen LogP contribution in [0.1, 0.15) is 47.7 Å². The third-order valence-corrected chi connectivity index (χ3v) is 5.18. The molecule has 1 aromatic carbocycles. The summed E-state index contributed by atoms with van der Waals surface area (Å²) in [6.07, 6.45) is 4.45. The molecule has 0 saturated carbocycles. The molecule has 0 bridgehead atoms. The molecule has 1 aromatic rings. The lowest BCUT2D eigenvalue weighted by Gasteiger charge is -2.44. The standard InChI is InChI=1S/C17H22N2O3/c1-2-19-9-3-7-17(16(19)21)8-6-12-10-13(15(20)18-22)4-5-14(12)11-17/h4-5,10,22H,2-3,6-9,11H2,1H3,(H,18,20)/t17-/m1/s1. The molecule has 1 fully saturated rings. The van der Waals surface area contributed by atoms with Gasteiger partial charge >= 0.3 is 0 Å². The second-order valence-corrected chi connectivity index (χ2v) is 6.37. The van der Waals surface area contributed by atoms with Gasteiger partial charge in [-0.2, -0.15) is 0 Å². The maximum atomic E-state index is 12.8. The van der Waals surface area contributed by atoms with Gasteiger partial charge in [0, 0.05) is 18.7 Å². The summed E-state index contributed by atoms with van der Waals surface area (Å²) in [5.41, 5.74) is 4.16. The number of nitrogens with zero attached hydrogens (tertiary/aromatic N) is 1. The van der Waals surface area contributed by atoms with E-state index in [1.165, 1.54) is 0 Å². The molecule has 2 N–H and O–H groups in total. The van der Waals surface area contributed by atoms with E-state index in [1.807, 2.05) is 24.0 Å². The quantitative estimate of drug-likeness (QED) is 0.648. The third-order valence-electron chi connectivity index (χ3n) is 5.18. The molecule has 0 radical (unpaired) electrons. The lowest BCUT2D eigenvalue weighted by atomic mass is 9.66. The number of rotatable bonds is 2. The van der Waals surface area contributed by atoms with Crippen molar-refractivity contribution in [2.24, 2.45) is 5.41 Å². The molecule has 118 valence electrons. The van der Waals surface area contributed by atoms with Gasteiger partial charge in [0.05, 0.1) is 5.41 Å². The van der Waals surface area contributed by atoms with Crippen LogP contribution in [0.25, 0.3) is 0 Å². The van der Waals surface area contributed by atoms with Crippen LogP contribution >= 0.6 is 0 Å². The molecule has 5 heteroatoms. The maximum absolute atomic E-state index is 12.8. The molecular weight excluding hydrogens is 280 g/mol. The molecule has 22 heavy (non-hydrogen) atoms. The van der Waals surface area contributed by atoms with Crippen molar-refractivity contribution in [2.45, 2.75) is 39.0 Å². The minimum absolute atomic E-state index is 0.248. The van der Waals surface area contributed by atoms with Crippen molar-refractivity contribution in [1.29, 1.82) is 0 Å². The highest BCUT2D eigenvalue weighted by atomic mass is 16.5. The summed E-state index contributed by atoms with van der Waals surface area (Å²) >= 11 is 0. The fourth-order valence-corrected chi connectivity index (χ4v) is 3.91. The number of likely N-dealkylation sites (tertiary alicyclic amines) is 1. The van der Waals surface area contributed by atoms with Gasteiger partial charge in [-0.05, 0) is 62.3 Å². The molecule has 1 saturated heterocycles. The number of hydroxylamine groups is 1. The third kappa shape index (κ3) is 2.39. The smallest absolute Gasteiger partial charge is 0.274 e. The summed E-state index contributed by atoms with van der Waals surface area (Å²) in [5, 5.41) is 8.73. The number of fused-ring (bicyclic) bond motifs is 1. The van der Waals surface area contributed by atoms with E-state index >= 15 is 0 Å². The average Bonchev–Trinajstić information content (AvgIpc) is 2.56. The van der Waals surface area contributed by atoms with Crippen LogP contribution in [0.4, 0.5) is 0 Å². The number of nitrogens with one attached hydrogen (secondary N) is 1. The monoisotopic (exact) mass is 302 g/mol. The van der Waals surface area contributed by atoms with E-state index < -0.39 is 5.91 Å². The largest absolute Gasteiger partial charge is 0.342 e. The lowest BCUT2D eigenvalue weighted by molar-refractivity contribution is -0.147. The number of carbonyl (C=O) groups excluding carboxylic acids is 2. The van der Waals surface area contributed by atoms with Gasteiger partial charge in [-0.15, -0.1) is 0 Å². The van der Waals surface area contributed by atoms with E-state index in [0.29, 0.717) is 11.5 Å². The zero-order valence-electron chi connectivity index (χ0n) is 12.9. The van der Waals surface area contributed by atoms with Crippen molar-refractivity contribution >= 4 is 11.8 Å². The van der Waals surface area contributed by atoms with Crippen LogP contribution in [0.15, 0.2) is 18.2 Å². The van der Waals surface area contributed by atoms with Gasteiger partial charge in [-0.25, -0.2) is 5.48 Å². The van der Waals surface area contributed by atoms with Gasteiger partial charge in [0.25, 0.3) is 5.91 Å². The predicted octanol–water partition coefficient (Wildman–Crippen LogP) is 1.92. The summed E-state index contributed by atoms with van der Waals surface area (Å²) < 4.78 is 0. The number of aryl methyl sites for hydroxylation is 1. The van der Waals surface area contributed by atoms with E-state index in [2.05, 4.69) is 0 Å². The van der Waals surface area contributed by atoms with Crippen molar-refractivity contribution in [1.82, 2.24) is 10.4 Å². The van der Waals surface area contributed by atoms with Gasteiger partial charge in [-0.1, -0.05) is 6.07 Å². The van der Waals surface area contributed by atoms with E-state index in [-0.39, 0.29) is 5.41 Å². The molecule has 2 amide bonds. The minimum Gasteiger partial charge on any atom is -0.342 e. The number of carbonyl (C=O) groups is 2. The van der Waals surface area contributed by atoms with Crippen LogP contribution in [-0.4, -0.2) is 35.0 Å². The Hall–Kier alpha value is -1.88. The highest BCUT2D eigenvalue weighted by Gasteiger charge is 2.45.